The SMILES string of the molecule is CC1CCCN(c2nc3ccccc3cc2C(N)=S)C1C. The van der Waals surface area contributed by atoms with E-state index in [-0.39, 0.29) is 0 Å². The van der Waals surface area contributed by atoms with Crippen LogP contribution in [0.1, 0.15) is 32.3 Å². The van der Waals surface area contributed by atoms with Gasteiger partial charge < -0.3 is 10.6 Å². The summed E-state index contributed by atoms with van der Waals surface area (Å²) in [6, 6.07) is 10.7. The van der Waals surface area contributed by atoms with E-state index in [2.05, 4.69) is 30.9 Å². The zero-order chi connectivity index (χ0) is 15.0. The lowest BCUT2D eigenvalue weighted by atomic mass is 9.91. The van der Waals surface area contributed by atoms with Gasteiger partial charge in [0.05, 0.1) is 11.1 Å². The van der Waals surface area contributed by atoms with E-state index in [1.807, 2.05) is 18.2 Å². The Bertz CT molecular complexity index is 683. The number of hydrogen-bond donors (Lipinski definition) is 1. The van der Waals surface area contributed by atoms with Crippen LogP contribution < -0.4 is 10.6 Å². The van der Waals surface area contributed by atoms with E-state index < -0.39 is 0 Å². The second-order valence-corrected chi connectivity index (χ2v) is 6.41. The first-order valence-corrected chi connectivity index (χ1v) is 7.95. The van der Waals surface area contributed by atoms with Gasteiger partial charge in [0, 0.05) is 18.0 Å². The first-order valence-electron chi connectivity index (χ1n) is 7.54. The second kappa shape index (κ2) is 5.60. The minimum atomic E-state index is 0.425. The molecule has 0 amide bonds. The first-order chi connectivity index (χ1) is 10.1. The smallest absolute Gasteiger partial charge is 0.139 e. The molecule has 2 atom stereocenters. The van der Waals surface area contributed by atoms with Crippen LogP contribution in [0.15, 0.2) is 30.3 Å². The quantitative estimate of drug-likeness (QED) is 0.862. The summed E-state index contributed by atoms with van der Waals surface area (Å²) in [5.41, 5.74) is 7.85. The molecular weight excluding hydrogens is 278 g/mol. The number of piperidine rings is 1. The van der Waals surface area contributed by atoms with Crippen LogP contribution in [-0.4, -0.2) is 22.6 Å². The summed E-state index contributed by atoms with van der Waals surface area (Å²) >= 11 is 5.26. The highest BCUT2D eigenvalue weighted by Gasteiger charge is 2.28. The number of para-hydroxylation sites is 1. The topological polar surface area (TPSA) is 42.2 Å². The van der Waals surface area contributed by atoms with Crippen LogP contribution in [0.25, 0.3) is 10.9 Å². The fourth-order valence-corrected chi connectivity index (χ4v) is 3.29. The molecular formula is C17H21N3S. The lowest BCUT2D eigenvalue weighted by Crippen LogP contribution is -2.43. The van der Waals surface area contributed by atoms with Crippen molar-refractivity contribution in [1.29, 1.82) is 0 Å². The van der Waals surface area contributed by atoms with Gasteiger partial charge in [-0.2, -0.15) is 0 Å². The van der Waals surface area contributed by atoms with Crippen molar-refractivity contribution in [2.75, 3.05) is 11.4 Å². The van der Waals surface area contributed by atoms with E-state index in [0.29, 0.717) is 16.9 Å². The molecule has 21 heavy (non-hydrogen) atoms. The highest BCUT2D eigenvalue weighted by Crippen LogP contribution is 2.31. The number of thiocarbonyl (C=S) groups is 1. The van der Waals surface area contributed by atoms with Crippen molar-refractivity contribution >= 4 is 33.9 Å². The number of nitrogens with two attached hydrogens (primary N) is 1. The lowest BCUT2D eigenvalue weighted by Gasteiger charge is -2.39. The van der Waals surface area contributed by atoms with Crippen molar-refractivity contribution in [2.45, 2.75) is 32.7 Å². The van der Waals surface area contributed by atoms with E-state index in [4.69, 9.17) is 22.9 Å². The van der Waals surface area contributed by atoms with Crippen LogP contribution in [0, 0.1) is 5.92 Å². The minimum absolute atomic E-state index is 0.425. The number of rotatable bonds is 2. The third-order valence-corrected chi connectivity index (χ3v) is 4.83. The third-order valence-electron chi connectivity index (χ3n) is 4.61. The largest absolute Gasteiger partial charge is 0.389 e. The molecule has 0 radical (unpaired) electrons. The number of nitrogens with zero attached hydrogens (tertiary/aromatic N) is 2. The summed E-state index contributed by atoms with van der Waals surface area (Å²) in [7, 11) is 0. The van der Waals surface area contributed by atoms with Crippen molar-refractivity contribution in [1.82, 2.24) is 4.98 Å². The van der Waals surface area contributed by atoms with Gasteiger partial charge in [0.15, 0.2) is 0 Å². The van der Waals surface area contributed by atoms with Gasteiger partial charge in [-0.15, -0.1) is 0 Å². The molecule has 0 spiro atoms. The molecule has 3 nitrogen and oxygen atoms in total. The predicted octanol–water partition coefficient (Wildman–Crippen LogP) is 3.49. The van der Waals surface area contributed by atoms with Crippen molar-refractivity contribution in [3.63, 3.8) is 0 Å². The van der Waals surface area contributed by atoms with Gasteiger partial charge in [0.25, 0.3) is 0 Å². The predicted molar refractivity (Wildman–Crippen MR) is 92.8 cm³/mol. The maximum absolute atomic E-state index is 5.96. The Kier molecular flexibility index (Phi) is 3.81. The molecule has 2 unspecified atom stereocenters. The number of pyridine rings is 1. The molecule has 0 aliphatic carbocycles. The summed E-state index contributed by atoms with van der Waals surface area (Å²) in [6.07, 6.45) is 2.46. The van der Waals surface area contributed by atoms with Crippen molar-refractivity contribution in [3.8, 4) is 0 Å². The van der Waals surface area contributed by atoms with Crippen molar-refractivity contribution in [2.24, 2.45) is 11.7 Å². The van der Waals surface area contributed by atoms with E-state index >= 15 is 0 Å². The summed E-state index contributed by atoms with van der Waals surface area (Å²) in [5, 5.41) is 1.08. The fraction of sp³-hybridized carbons (Fsp3) is 0.412. The highest BCUT2D eigenvalue weighted by atomic mass is 32.1. The first kappa shape index (κ1) is 14.3. The monoisotopic (exact) mass is 299 g/mol. The maximum Gasteiger partial charge on any atom is 0.139 e. The Morgan fingerprint density at radius 1 is 1.33 bits per heavy atom. The van der Waals surface area contributed by atoms with Crippen LogP contribution in [0.2, 0.25) is 0 Å². The fourth-order valence-electron chi connectivity index (χ4n) is 3.14. The average molecular weight is 299 g/mol. The molecule has 110 valence electrons. The average Bonchev–Trinajstić information content (AvgIpc) is 2.48. The molecule has 0 bridgehead atoms. The third kappa shape index (κ3) is 2.60. The van der Waals surface area contributed by atoms with E-state index in [1.165, 1.54) is 12.8 Å². The van der Waals surface area contributed by atoms with Gasteiger partial charge >= 0.3 is 0 Å². The summed E-state index contributed by atoms with van der Waals surface area (Å²) in [4.78, 5) is 7.66. The molecule has 2 heterocycles. The van der Waals surface area contributed by atoms with Crippen LogP contribution in [0.5, 0.6) is 0 Å². The highest BCUT2D eigenvalue weighted by molar-refractivity contribution is 7.80. The van der Waals surface area contributed by atoms with Crippen molar-refractivity contribution < 1.29 is 0 Å². The minimum Gasteiger partial charge on any atom is -0.389 e. The Balaban J connectivity index is 2.15. The number of anilines is 1. The van der Waals surface area contributed by atoms with Gasteiger partial charge in [-0.05, 0) is 37.8 Å². The van der Waals surface area contributed by atoms with Crippen LogP contribution in [-0.2, 0) is 0 Å². The van der Waals surface area contributed by atoms with Gasteiger partial charge in [-0.25, -0.2) is 4.98 Å². The molecule has 3 rings (SSSR count). The Labute approximate surface area is 131 Å². The van der Waals surface area contributed by atoms with Gasteiger partial charge in [-0.1, -0.05) is 37.3 Å². The van der Waals surface area contributed by atoms with Crippen LogP contribution in [0.3, 0.4) is 0 Å². The van der Waals surface area contributed by atoms with Gasteiger partial charge in [-0.3, -0.25) is 0 Å². The Hall–Kier alpha value is -1.68. The zero-order valence-electron chi connectivity index (χ0n) is 12.5. The lowest BCUT2D eigenvalue weighted by molar-refractivity contribution is 0.361. The molecule has 2 N–H and O–H groups in total. The standard InChI is InChI=1S/C17H21N3S/c1-11-6-5-9-20(12(11)2)17-14(16(18)21)10-13-7-3-4-8-15(13)19-17/h3-4,7-8,10-12H,5-6,9H2,1-2H3,(H2,18,21). The molecule has 1 aromatic carbocycles. The summed E-state index contributed by atoms with van der Waals surface area (Å²) in [5.74, 6) is 1.60. The Morgan fingerprint density at radius 2 is 2.10 bits per heavy atom. The normalized spacial score (nSPS) is 22.5. The second-order valence-electron chi connectivity index (χ2n) is 5.97. The molecule has 2 aromatic rings. The number of benzene rings is 1. The number of fused-ring (bicyclic) bond motifs is 1. The van der Waals surface area contributed by atoms with Crippen LogP contribution in [0.4, 0.5) is 5.82 Å². The maximum atomic E-state index is 5.96. The zero-order valence-corrected chi connectivity index (χ0v) is 13.4. The summed E-state index contributed by atoms with van der Waals surface area (Å²) < 4.78 is 0. The molecule has 1 aliphatic rings. The van der Waals surface area contributed by atoms with E-state index in [1.54, 1.807) is 0 Å². The summed E-state index contributed by atoms with van der Waals surface area (Å²) in [6.45, 7) is 5.59. The number of hydrogen-bond acceptors (Lipinski definition) is 3. The Morgan fingerprint density at radius 3 is 2.86 bits per heavy atom. The molecule has 1 aliphatic heterocycles. The number of aromatic nitrogens is 1. The molecule has 0 saturated carbocycles. The molecule has 1 saturated heterocycles. The molecule has 1 fully saturated rings. The van der Waals surface area contributed by atoms with Crippen LogP contribution >= 0.6 is 12.2 Å². The van der Waals surface area contributed by atoms with E-state index in [9.17, 15) is 0 Å². The van der Waals surface area contributed by atoms with Crippen molar-refractivity contribution in [3.05, 3.63) is 35.9 Å². The van der Waals surface area contributed by atoms with Gasteiger partial charge in [0.1, 0.15) is 10.8 Å². The van der Waals surface area contributed by atoms with Gasteiger partial charge in [0.2, 0.25) is 0 Å². The molecule has 4 heteroatoms. The van der Waals surface area contributed by atoms with E-state index in [0.717, 1.165) is 28.8 Å². The molecule has 1 aromatic heterocycles.